The lowest BCUT2D eigenvalue weighted by atomic mass is 10.0. The van der Waals surface area contributed by atoms with E-state index >= 15 is 0 Å². The predicted molar refractivity (Wildman–Crippen MR) is 105 cm³/mol. The van der Waals surface area contributed by atoms with Crippen LogP contribution in [0.5, 0.6) is 0 Å². The molecular formula is C23H25N3+2. The number of benzene rings is 2. The summed E-state index contributed by atoms with van der Waals surface area (Å²) in [5.74, 6) is 0. The van der Waals surface area contributed by atoms with E-state index in [2.05, 4.69) is 110 Å². The molecule has 0 amide bonds. The molecule has 0 radical (unpaired) electrons. The molecule has 0 fully saturated rings. The zero-order valence-electron chi connectivity index (χ0n) is 16.1. The van der Waals surface area contributed by atoms with Crippen LogP contribution in [0.3, 0.4) is 0 Å². The normalized spacial score (nSPS) is 11.3. The second-order valence-corrected chi connectivity index (χ2v) is 7.16. The Morgan fingerprint density at radius 2 is 1.50 bits per heavy atom. The molecule has 0 N–H and O–H groups in total. The Bertz CT molecular complexity index is 1140. The number of fused-ring (bicyclic) bond motifs is 1. The van der Waals surface area contributed by atoms with Crippen molar-refractivity contribution in [1.82, 2.24) is 4.68 Å². The number of aromatic nitrogens is 3. The predicted octanol–water partition coefficient (Wildman–Crippen LogP) is 3.97. The lowest BCUT2D eigenvalue weighted by Gasteiger charge is -2.11. The molecule has 0 aliphatic carbocycles. The molecule has 2 heterocycles. The molecule has 3 nitrogen and oxygen atoms in total. The molecule has 3 heteroatoms. The van der Waals surface area contributed by atoms with Crippen LogP contribution in [0.4, 0.5) is 0 Å². The van der Waals surface area contributed by atoms with E-state index in [-0.39, 0.29) is 0 Å². The number of pyridine rings is 1. The van der Waals surface area contributed by atoms with Gasteiger partial charge in [0.1, 0.15) is 0 Å². The van der Waals surface area contributed by atoms with Crippen molar-refractivity contribution in [3.05, 3.63) is 83.4 Å². The highest BCUT2D eigenvalue weighted by Gasteiger charge is 2.27. The van der Waals surface area contributed by atoms with E-state index in [0.717, 1.165) is 0 Å². The molecule has 4 rings (SSSR count). The summed E-state index contributed by atoms with van der Waals surface area (Å²) in [5, 5.41) is 2.53. The molecule has 0 bridgehead atoms. The van der Waals surface area contributed by atoms with Crippen LogP contribution in [0.1, 0.15) is 22.4 Å². The van der Waals surface area contributed by atoms with Crippen molar-refractivity contribution in [2.24, 2.45) is 7.05 Å². The number of hydrogen-bond acceptors (Lipinski definition) is 0. The highest BCUT2D eigenvalue weighted by molar-refractivity contribution is 5.81. The molecule has 130 valence electrons. The molecule has 26 heavy (non-hydrogen) atoms. The topological polar surface area (TPSA) is 12.7 Å². The summed E-state index contributed by atoms with van der Waals surface area (Å²) in [6.45, 7) is 8.81. The van der Waals surface area contributed by atoms with Crippen LogP contribution in [0.2, 0.25) is 0 Å². The van der Waals surface area contributed by atoms with Gasteiger partial charge >= 0.3 is 0 Å². The molecule has 0 spiro atoms. The molecule has 0 saturated heterocycles. The maximum absolute atomic E-state index is 2.33. The first-order chi connectivity index (χ1) is 12.5. The van der Waals surface area contributed by atoms with E-state index in [1.54, 1.807) is 0 Å². The van der Waals surface area contributed by atoms with Crippen molar-refractivity contribution in [2.75, 3.05) is 0 Å². The van der Waals surface area contributed by atoms with E-state index in [1.807, 2.05) is 0 Å². The van der Waals surface area contributed by atoms with Crippen LogP contribution in [0.15, 0.2) is 61.1 Å². The molecule has 2 aromatic heterocycles. The fraction of sp³-hybridized carbons (Fsp3) is 0.217. The van der Waals surface area contributed by atoms with Crippen LogP contribution in [0.25, 0.3) is 22.1 Å². The average molecular weight is 343 g/mol. The standard InChI is InChI=1S/C23H25N3/c1-16-13-17(2)23(26-12-8-11-24(26)5)19(4)22(16)25-15-21-10-7-6-9-20(21)14-18(25)3/h6-15H,1-5H3/q+2. The minimum atomic E-state index is 1.24. The number of nitrogens with zero attached hydrogens (tertiary/aromatic N) is 3. The van der Waals surface area contributed by atoms with Gasteiger partial charge in [-0.1, -0.05) is 22.9 Å². The third kappa shape index (κ3) is 2.51. The lowest BCUT2D eigenvalue weighted by molar-refractivity contribution is -0.683. The summed E-state index contributed by atoms with van der Waals surface area (Å²) >= 11 is 0. The van der Waals surface area contributed by atoms with Crippen molar-refractivity contribution in [2.45, 2.75) is 27.7 Å². The third-order valence-electron chi connectivity index (χ3n) is 5.24. The van der Waals surface area contributed by atoms with Crippen LogP contribution >= 0.6 is 0 Å². The second kappa shape index (κ2) is 6.10. The Kier molecular flexibility index (Phi) is 3.87. The minimum absolute atomic E-state index is 1.24. The maximum Gasteiger partial charge on any atom is 0.248 e. The van der Waals surface area contributed by atoms with Gasteiger partial charge < -0.3 is 0 Å². The second-order valence-electron chi connectivity index (χ2n) is 7.16. The fourth-order valence-corrected chi connectivity index (χ4v) is 4.08. The van der Waals surface area contributed by atoms with Gasteiger partial charge in [-0.25, -0.2) is 0 Å². The van der Waals surface area contributed by atoms with E-state index in [9.17, 15) is 0 Å². The summed E-state index contributed by atoms with van der Waals surface area (Å²) in [6, 6.07) is 15.2. The molecule has 0 atom stereocenters. The zero-order chi connectivity index (χ0) is 18.4. The van der Waals surface area contributed by atoms with Gasteiger partial charge in [0.25, 0.3) is 0 Å². The van der Waals surface area contributed by atoms with Gasteiger partial charge in [-0.2, -0.15) is 9.25 Å². The third-order valence-corrected chi connectivity index (χ3v) is 5.24. The van der Waals surface area contributed by atoms with Gasteiger partial charge in [0, 0.05) is 35.6 Å². The van der Waals surface area contributed by atoms with Crippen LogP contribution in [0, 0.1) is 27.7 Å². The molecular weight excluding hydrogens is 318 g/mol. The summed E-state index contributed by atoms with van der Waals surface area (Å²) in [4.78, 5) is 0. The molecule has 4 aromatic rings. The Morgan fingerprint density at radius 1 is 0.808 bits per heavy atom. The van der Waals surface area contributed by atoms with Gasteiger partial charge in [0.05, 0.1) is 18.8 Å². The molecule has 0 unspecified atom stereocenters. The molecule has 2 aromatic carbocycles. The van der Waals surface area contributed by atoms with Crippen molar-refractivity contribution >= 4 is 10.8 Å². The fourth-order valence-electron chi connectivity index (χ4n) is 4.08. The van der Waals surface area contributed by atoms with Crippen molar-refractivity contribution in [3.8, 4) is 11.4 Å². The van der Waals surface area contributed by atoms with Gasteiger partial charge in [0.15, 0.2) is 11.9 Å². The minimum Gasteiger partial charge on any atom is -0.163 e. The maximum atomic E-state index is 2.33. The van der Waals surface area contributed by atoms with Crippen LogP contribution in [-0.4, -0.2) is 4.68 Å². The van der Waals surface area contributed by atoms with Gasteiger partial charge in [-0.15, -0.1) is 0 Å². The van der Waals surface area contributed by atoms with Gasteiger partial charge in [-0.3, -0.25) is 0 Å². The van der Waals surface area contributed by atoms with Gasteiger partial charge in [-0.05, 0) is 38.3 Å². The van der Waals surface area contributed by atoms with E-state index in [0.29, 0.717) is 0 Å². The van der Waals surface area contributed by atoms with Gasteiger partial charge in [0.2, 0.25) is 17.6 Å². The number of aryl methyl sites for hydroxylation is 4. The Balaban J connectivity index is 2.04. The number of hydrogen-bond donors (Lipinski definition) is 0. The Hall–Kier alpha value is -2.94. The highest BCUT2D eigenvalue weighted by Crippen LogP contribution is 2.24. The summed E-state index contributed by atoms with van der Waals surface area (Å²) in [6.07, 6.45) is 6.45. The summed E-state index contributed by atoms with van der Waals surface area (Å²) < 4.78 is 6.66. The first-order valence-electron chi connectivity index (χ1n) is 9.03. The largest absolute Gasteiger partial charge is 0.248 e. The van der Waals surface area contributed by atoms with E-state index in [1.165, 1.54) is 44.5 Å². The quantitative estimate of drug-likeness (QED) is 0.489. The lowest BCUT2D eigenvalue weighted by Crippen LogP contribution is -2.42. The smallest absolute Gasteiger partial charge is 0.163 e. The Morgan fingerprint density at radius 3 is 2.19 bits per heavy atom. The van der Waals surface area contributed by atoms with Crippen molar-refractivity contribution in [1.29, 1.82) is 0 Å². The van der Waals surface area contributed by atoms with Crippen LogP contribution in [-0.2, 0) is 7.05 Å². The molecule has 0 aliphatic rings. The van der Waals surface area contributed by atoms with E-state index < -0.39 is 0 Å². The first kappa shape index (κ1) is 16.5. The Labute approximate surface area is 154 Å². The number of rotatable bonds is 2. The highest BCUT2D eigenvalue weighted by atomic mass is 15.4. The monoisotopic (exact) mass is 343 g/mol. The average Bonchev–Trinajstić information content (AvgIpc) is 3.01. The van der Waals surface area contributed by atoms with Crippen molar-refractivity contribution in [3.63, 3.8) is 0 Å². The molecule has 0 aliphatic heterocycles. The van der Waals surface area contributed by atoms with E-state index in [4.69, 9.17) is 0 Å². The summed E-state index contributed by atoms with van der Waals surface area (Å²) in [7, 11) is 2.08. The molecule has 0 saturated carbocycles. The van der Waals surface area contributed by atoms with Crippen molar-refractivity contribution < 1.29 is 9.25 Å². The summed E-state index contributed by atoms with van der Waals surface area (Å²) in [5.41, 5.74) is 7.62. The van der Waals surface area contributed by atoms with Crippen LogP contribution < -0.4 is 9.25 Å². The first-order valence-corrected chi connectivity index (χ1v) is 9.03. The SMILES string of the molecule is Cc1cc(C)c(-[n+]2cccn2C)c(C)c1-[n+]1cc2ccccc2cc1C. The zero-order valence-corrected chi connectivity index (χ0v) is 16.1.